The van der Waals surface area contributed by atoms with Crippen molar-refractivity contribution in [3.63, 3.8) is 0 Å². The second-order valence-electron chi connectivity index (χ2n) is 6.49. The van der Waals surface area contributed by atoms with Gasteiger partial charge in [-0.15, -0.1) is 5.10 Å². The van der Waals surface area contributed by atoms with Gasteiger partial charge in [0.1, 0.15) is 17.9 Å². The van der Waals surface area contributed by atoms with E-state index in [-0.39, 0.29) is 12.2 Å². The fourth-order valence-corrected chi connectivity index (χ4v) is 3.07. The summed E-state index contributed by atoms with van der Waals surface area (Å²) in [5.74, 6) is 1.15. The Labute approximate surface area is 155 Å². The predicted molar refractivity (Wildman–Crippen MR) is 100 cm³/mol. The second kappa shape index (κ2) is 6.68. The van der Waals surface area contributed by atoms with E-state index in [0.29, 0.717) is 17.2 Å². The quantitative estimate of drug-likeness (QED) is 0.518. The molecule has 0 radical (unpaired) electrons. The first-order chi connectivity index (χ1) is 13.0. The number of hydrogen-bond acceptors (Lipinski definition) is 6. The van der Waals surface area contributed by atoms with Crippen molar-refractivity contribution in [1.29, 1.82) is 0 Å². The zero-order chi connectivity index (χ0) is 19.0. The number of hydrogen-bond donors (Lipinski definition) is 0. The van der Waals surface area contributed by atoms with Crippen LogP contribution in [0.5, 0.6) is 5.75 Å². The fraction of sp³-hybridized carbons (Fsp3) is 0.200. The Morgan fingerprint density at radius 1 is 1.04 bits per heavy atom. The molecular formula is C20H18N4O3. The lowest BCUT2D eigenvalue weighted by atomic mass is 10.1. The molecule has 0 unspecified atom stereocenters. The summed E-state index contributed by atoms with van der Waals surface area (Å²) in [7, 11) is 0. The average molecular weight is 362 g/mol. The first-order valence-corrected chi connectivity index (χ1v) is 8.53. The minimum atomic E-state index is -0.379. The van der Waals surface area contributed by atoms with Crippen LogP contribution in [-0.4, -0.2) is 20.2 Å². The lowest BCUT2D eigenvalue weighted by Crippen LogP contribution is -2.08. The molecule has 4 aromatic rings. The topological polar surface area (TPSA) is 83.0 Å². The highest BCUT2D eigenvalue weighted by molar-refractivity contribution is 5.81. The van der Waals surface area contributed by atoms with Crippen molar-refractivity contribution in [1.82, 2.24) is 20.2 Å². The van der Waals surface area contributed by atoms with Crippen LogP contribution >= 0.6 is 0 Å². The Morgan fingerprint density at radius 2 is 1.89 bits per heavy atom. The van der Waals surface area contributed by atoms with E-state index in [0.717, 1.165) is 22.2 Å². The monoisotopic (exact) mass is 362 g/mol. The molecule has 136 valence electrons. The lowest BCUT2D eigenvalue weighted by Gasteiger charge is -2.10. The molecule has 0 atom stereocenters. The number of rotatable bonds is 4. The number of benzene rings is 2. The summed E-state index contributed by atoms with van der Waals surface area (Å²) in [5.41, 5.74) is 4.14. The fourth-order valence-electron chi connectivity index (χ4n) is 3.07. The van der Waals surface area contributed by atoms with Gasteiger partial charge in [-0.1, -0.05) is 17.7 Å². The van der Waals surface area contributed by atoms with Gasteiger partial charge >= 0.3 is 5.63 Å². The maximum absolute atomic E-state index is 11.6. The van der Waals surface area contributed by atoms with Crippen molar-refractivity contribution < 1.29 is 9.15 Å². The van der Waals surface area contributed by atoms with E-state index in [2.05, 4.69) is 21.6 Å². The highest BCUT2D eigenvalue weighted by Crippen LogP contribution is 2.23. The number of fused-ring (bicyclic) bond motifs is 1. The van der Waals surface area contributed by atoms with E-state index in [1.54, 1.807) is 10.7 Å². The summed E-state index contributed by atoms with van der Waals surface area (Å²) in [6.45, 7) is 6.11. The van der Waals surface area contributed by atoms with Gasteiger partial charge < -0.3 is 9.15 Å². The van der Waals surface area contributed by atoms with Crippen molar-refractivity contribution in [2.45, 2.75) is 27.4 Å². The molecule has 0 amide bonds. The first kappa shape index (κ1) is 17.0. The van der Waals surface area contributed by atoms with Crippen LogP contribution in [0.15, 0.2) is 51.7 Å². The smallest absolute Gasteiger partial charge is 0.336 e. The van der Waals surface area contributed by atoms with Crippen LogP contribution in [0.25, 0.3) is 16.7 Å². The molecule has 7 heteroatoms. The third-order valence-electron chi connectivity index (χ3n) is 4.41. The molecule has 0 N–H and O–H groups in total. The maximum atomic E-state index is 11.6. The zero-order valence-corrected chi connectivity index (χ0v) is 15.3. The van der Waals surface area contributed by atoms with E-state index < -0.39 is 0 Å². The van der Waals surface area contributed by atoms with Crippen LogP contribution in [0.2, 0.25) is 0 Å². The summed E-state index contributed by atoms with van der Waals surface area (Å²) in [4.78, 5) is 11.6. The number of aryl methyl sites for hydroxylation is 3. The summed E-state index contributed by atoms with van der Waals surface area (Å²) >= 11 is 0. The van der Waals surface area contributed by atoms with Gasteiger partial charge in [-0.2, -0.15) is 4.68 Å². The Bertz CT molecular complexity index is 1190. The summed E-state index contributed by atoms with van der Waals surface area (Å²) < 4.78 is 12.8. The van der Waals surface area contributed by atoms with Crippen LogP contribution in [0, 0.1) is 20.8 Å². The Balaban J connectivity index is 1.61. The highest BCUT2D eigenvalue weighted by Gasteiger charge is 2.12. The molecule has 2 heterocycles. The van der Waals surface area contributed by atoms with Crippen molar-refractivity contribution in [3.05, 3.63) is 75.4 Å². The van der Waals surface area contributed by atoms with Crippen LogP contribution in [0.3, 0.4) is 0 Å². The summed E-state index contributed by atoms with van der Waals surface area (Å²) in [5, 5.41) is 12.8. The van der Waals surface area contributed by atoms with Gasteiger partial charge in [0.15, 0.2) is 5.82 Å². The molecule has 2 aromatic carbocycles. The molecule has 27 heavy (non-hydrogen) atoms. The average Bonchev–Trinajstić information content (AvgIpc) is 3.07. The molecule has 0 fully saturated rings. The molecule has 0 aliphatic heterocycles. The number of nitrogens with zero attached hydrogens (tertiary/aromatic N) is 4. The van der Waals surface area contributed by atoms with Crippen LogP contribution < -0.4 is 10.4 Å². The van der Waals surface area contributed by atoms with Crippen molar-refractivity contribution in [2.24, 2.45) is 0 Å². The highest BCUT2D eigenvalue weighted by atomic mass is 16.5. The third-order valence-corrected chi connectivity index (χ3v) is 4.41. The van der Waals surface area contributed by atoms with Gasteiger partial charge in [-0.05, 0) is 60.5 Å². The van der Waals surface area contributed by atoms with E-state index >= 15 is 0 Å². The SMILES string of the molecule is Cc1ccc(-n2nnnc2COc2ccc3c(C)cc(=O)oc3c2)c(C)c1. The van der Waals surface area contributed by atoms with Crippen LogP contribution in [0.1, 0.15) is 22.5 Å². The van der Waals surface area contributed by atoms with E-state index in [1.807, 2.05) is 45.0 Å². The molecule has 0 saturated heterocycles. The molecule has 7 nitrogen and oxygen atoms in total. The normalized spacial score (nSPS) is 11.1. The van der Waals surface area contributed by atoms with Gasteiger partial charge in [0.2, 0.25) is 0 Å². The molecule has 4 rings (SSSR count). The van der Waals surface area contributed by atoms with Crippen LogP contribution in [-0.2, 0) is 6.61 Å². The Kier molecular flexibility index (Phi) is 4.19. The van der Waals surface area contributed by atoms with Crippen molar-refractivity contribution in [3.8, 4) is 11.4 Å². The zero-order valence-electron chi connectivity index (χ0n) is 15.3. The molecule has 0 spiro atoms. The molecule has 0 bridgehead atoms. The maximum Gasteiger partial charge on any atom is 0.336 e. The minimum absolute atomic E-state index is 0.182. The van der Waals surface area contributed by atoms with Crippen LogP contribution in [0.4, 0.5) is 0 Å². The van der Waals surface area contributed by atoms with Gasteiger partial charge in [-0.3, -0.25) is 0 Å². The second-order valence-corrected chi connectivity index (χ2v) is 6.49. The standard InChI is InChI=1S/C20H18N4O3/c1-12-4-7-17(14(3)8-12)24-19(21-22-23-24)11-26-15-5-6-16-13(2)9-20(25)27-18(16)10-15/h4-10H,11H2,1-3H3. The Hall–Kier alpha value is -3.48. The molecule has 0 aliphatic carbocycles. The van der Waals surface area contributed by atoms with E-state index in [4.69, 9.17) is 9.15 Å². The van der Waals surface area contributed by atoms with Gasteiger partial charge in [0, 0.05) is 17.5 Å². The predicted octanol–water partition coefficient (Wildman–Crippen LogP) is 3.27. The molecule has 0 aliphatic rings. The van der Waals surface area contributed by atoms with E-state index in [9.17, 15) is 4.79 Å². The lowest BCUT2D eigenvalue weighted by molar-refractivity contribution is 0.292. The number of tetrazole rings is 1. The van der Waals surface area contributed by atoms with E-state index in [1.165, 1.54) is 11.6 Å². The summed E-state index contributed by atoms with van der Waals surface area (Å²) in [6, 6.07) is 13.0. The largest absolute Gasteiger partial charge is 0.485 e. The molecular weight excluding hydrogens is 344 g/mol. The first-order valence-electron chi connectivity index (χ1n) is 8.53. The molecule has 0 saturated carbocycles. The Morgan fingerprint density at radius 3 is 2.70 bits per heavy atom. The summed E-state index contributed by atoms with van der Waals surface area (Å²) in [6.07, 6.45) is 0. The van der Waals surface area contributed by atoms with Crippen molar-refractivity contribution in [2.75, 3.05) is 0 Å². The van der Waals surface area contributed by atoms with Gasteiger partial charge in [0.05, 0.1) is 5.69 Å². The van der Waals surface area contributed by atoms with Crippen molar-refractivity contribution >= 4 is 11.0 Å². The third kappa shape index (κ3) is 3.31. The van der Waals surface area contributed by atoms with Gasteiger partial charge in [0.25, 0.3) is 0 Å². The minimum Gasteiger partial charge on any atom is -0.485 e. The van der Waals surface area contributed by atoms with Gasteiger partial charge in [-0.25, -0.2) is 4.79 Å². The number of ether oxygens (including phenoxy) is 1. The molecule has 2 aromatic heterocycles. The number of aromatic nitrogens is 4.